The standard InChI is InChI=1S/C19H19F5N2O4S/c1-18(2,3)31(29)26-16(15(21)17(27)28)12-8-10(4-6-13(12)20)30-11-5-7-14(25-9-11)19(22,23)24/h4-9,15-16,26H,1-3H3,(H,27,28). The summed E-state index contributed by atoms with van der Waals surface area (Å²) >= 11 is -1.95. The van der Waals surface area contributed by atoms with E-state index in [1.165, 1.54) is 0 Å². The van der Waals surface area contributed by atoms with Gasteiger partial charge < -0.3 is 14.4 Å². The molecule has 1 heterocycles. The maximum Gasteiger partial charge on any atom is 0.433 e. The van der Waals surface area contributed by atoms with E-state index in [1.807, 2.05) is 0 Å². The van der Waals surface area contributed by atoms with Gasteiger partial charge in [-0.2, -0.15) is 13.2 Å². The molecule has 31 heavy (non-hydrogen) atoms. The van der Waals surface area contributed by atoms with E-state index < -0.39 is 57.5 Å². The van der Waals surface area contributed by atoms with Gasteiger partial charge >= 0.3 is 12.1 Å². The Morgan fingerprint density at radius 2 is 1.81 bits per heavy atom. The number of alkyl halides is 4. The minimum atomic E-state index is -4.64. The topological polar surface area (TPSA) is 94.5 Å². The van der Waals surface area contributed by atoms with Crippen LogP contribution in [-0.4, -0.2) is 31.5 Å². The SMILES string of the molecule is CC(C)(C)[S+]([O-])NC(c1cc(Oc2ccc(C(F)(F)F)nc2)ccc1F)C(F)C(=O)O. The summed E-state index contributed by atoms with van der Waals surface area (Å²) in [6.45, 7) is 4.65. The number of nitrogens with one attached hydrogen (secondary N) is 1. The zero-order chi connectivity index (χ0) is 23.6. The summed E-state index contributed by atoms with van der Waals surface area (Å²) in [5, 5.41) is 9.05. The van der Waals surface area contributed by atoms with E-state index in [2.05, 4.69) is 9.71 Å². The van der Waals surface area contributed by atoms with Crippen LogP contribution < -0.4 is 9.46 Å². The molecule has 0 radical (unpaired) electrons. The second kappa shape index (κ2) is 9.37. The number of carbonyl (C=O) groups is 1. The molecule has 0 aliphatic heterocycles. The molecule has 1 aromatic carbocycles. The molecule has 0 saturated heterocycles. The summed E-state index contributed by atoms with van der Waals surface area (Å²) in [4.78, 5) is 14.4. The number of carboxylic acids is 1. The Kier molecular flexibility index (Phi) is 7.50. The normalized spacial score (nSPS) is 15.3. The fraction of sp³-hybridized carbons (Fsp3) is 0.368. The molecule has 3 atom stereocenters. The molecular formula is C19H19F5N2O4S. The lowest BCUT2D eigenvalue weighted by molar-refractivity contribution is -0.144. The Morgan fingerprint density at radius 1 is 1.19 bits per heavy atom. The average Bonchev–Trinajstić information content (AvgIpc) is 2.66. The van der Waals surface area contributed by atoms with E-state index in [0.717, 1.165) is 30.5 Å². The summed E-state index contributed by atoms with van der Waals surface area (Å²) in [7, 11) is 0. The Labute approximate surface area is 177 Å². The number of aliphatic carboxylic acids is 1. The molecule has 0 spiro atoms. The van der Waals surface area contributed by atoms with Crippen molar-refractivity contribution in [2.24, 2.45) is 0 Å². The molecule has 0 aliphatic carbocycles. The summed E-state index contributed by atoms with van der Waals surface area (Å²) < 4.78 is 85.7. The first-order valence-corrected chi connectivity index (χ1v) is 9.90. The van der Waals surface area contributed by atoms with Gasteiger partial charge in [-0.05, 0) is 51.1 Å². The van der Waals surface area contributed by atoms with Gasteiger partial charge in [-0.1, -0.05) is 0 Å². The Hall–Kier alpha value is -2.44. The molecule has 3 unspecified atom stereocenters. The molecule has 0 saturated carbocycles. The van der Waals surface area contributed by atoms with Crippen molar-refractivity contribution in [3.05, 3.63) is 53.6 Å². The number of aromatic nitrogens is 1. The molecule has 2 aromatic rings. The van der Waals surface area contributed by atoms with Gasteiger partial charge in [0, 0.05) is 16.9 Å². The van der Waals surface area contributed by atoms with E-state index >= 15 is 0 Å². The smallest absolute Gasteiger partial charge is 0.433 e. The molecule has 0 amide bonds. The number of halogens is 5. The monoisotopic (exact) mass is 466 g/mol. The molecule has 0 bridgehead atoms. The van der Waals surface area contributed by atoms with E-state index in [-0.39, 0.29) is 11.5 Å². The first kappa shape index (κ1) is 24.8. The van der Waals surface area contributed by atoms with Gasteiger partial charge in [-0.15, -0.1) is 4.72 Å². The fourth-order valence-electron chi connectivity index (χ4n) is 2.28. The van der Waals surface area contributed by atoms with Crippen LogP contribution in [0.1, 0.15) is 38.1 Å². The van der Waals surface area contributed by atoms with Crippen LogP contribution in [0.4, 0.5) is 22.0 Å². The highest BCUT2D eigenvalue weighted by Gasteiger charge is 2.38. The van der Waals surface area contributed by atoms with Gasteiger partial charge in [-0.3, -0.25) is 0 Å². The highest BCUT2D eigenvalue weighted by Crippen LogP contribution is 2.32. The first-order valence-electron chi connectivity index (χ1n) is 8.75. The molecule has 0 fully saturated rings. The third kappa shape index (κ3) is 6.52. The molecule has 2 N–H and O–H groups in total. The first-order chi connectivity index (χ1) is 14.2. The van der Waals surface area contributed by atoms with Gasteiger partial charge in [0.05, 0.1) is 6.20 Å². The van der Waals surface area contributed by atoms with E-state index in [0.29, 0.717) is 6.07 Å². The van der Waals surface area contributed by atoms with E-state index in [4.69, 9.17) is 9.84 Å². The molecule has 0 aliphatic rings. The number of nitrogens with zero attached hydrogens (tertiary/aromatic N) is 1. The third-order valence-electron chi connectivity index (χ3n) is 3.88. The van der Waals surface area contributed by atoms with Gasteiger partial charge in [-0.25, -0.2) is 18.6 Å². The molecular weight excluding hydrogens is 447 g/mol. The average molecular weight is 466 g/mol. The van der Waals surface area contributed by atoms with E-state index in [9.17, 15) is 31.3 Å². The fourth-order valence-corrected chi connectivity index (χ4v) is 3.11. The minimum absolute atomic E-state index is 0.121. The van der Waals surface area contributed by atoms with Crippen LogP contribution in [0.3, 0.4) is 0 Å². The molecule has 170 valence electrons. The van der Waals surface area contributed by atoms with Crippen LogP contribution in [0.2, 0.25) is 0 Å². The minimum Gasteiger partial charge on any atom is -0.598 e. The van der Waals surface area contributed by atoms with Crippen molar-refractivity contribution in [1.82, 2.24) is 9.71 Å². The van der Waals surface area contributed by atoms with Crippen LogP contribution in [0.15, 0.2) is 36.5 Å². The van der Waals surface area contributed by atoms with Gasteiger partial charge in [0.25, 0.3) is 0 Å². The maximum atomic E-state index is 14.4. The predicted octanol–water partition coefficient (Wildman–Crippen LogP) is 4.55. The second-order valence-electron chi connectivity index (χ2n) is 7.38. The highest BCUT2D eigenvalue weighted by molar-refractivity contribution is 7.90. The lowest BCUT2D eigenvalue weighted by Crippen LogP contribution is -2.45. The quantitative estimate of drug-likeness (QED) is 0.459. The zero-order valence-corrected chi connectivity index (χ0v) is 17.4. The lowest BCUT2D eigenvalue weighted by atomic mass is 10.0. The van der Waals surface area contributed by atoms with Gasteiger partial charge in [0.2, 0.25) is 6.17 Å². The number of ether oxygens (including phenoxy) is 1. The predicted molar refractivity (Wildman–Crippen MR) is 102 cm³/mol. The number of hydrogen-bond donors (Lipinski definition) is 2. The van der Waals surface area contributed by atoms with Crippen molar-refractivity contribution in [3.8, 4) is 11.5 Å². The Bertz CT molecular complexity index is 919. The number of benzene rings is 1. The van der Waals surface area contributed by atoms with Crippen LogP contribution in [-0.2, 0) is 22.3 Å². The van der Waals surface area contributed by atoms with Gasteiger partial charge in [0.1, 0.15) is 33.8 Å². The molecule has 6 nitrogen and oxygen atoms in total. The third-order valence-corrected chi connectivity index (χ3v) is 5.46. The highest BCUT2D eigenvalue weighted by atomic mass is 32.2. The maximum absolute atomic E-state index is 14.4. The molecule has 12 heteroatoms. The van der Waals surface area contributed by atoms with Gasteiger partial charge in [0.15, 0.2) is 0 Å². The number of carboxylic acid groups (broad SMARTS) is 1. The van der Waals surface area contributed by atoms with Crippen molar-refractivity contribution < 1.29 is 41.1 Å². The van der Waals surface area contributed by atoms with Crippen LogP contribution in [0.25, 0.3) is 0 Å². The Morgan fingerprint density at radius 3 is 2.29 bits per heavy atom. The summed E-state index contributed by atoms with van der Waals surface area (Å²) in [5.74, 6) is -3.14. The van der Waals surface area contributed by atoms with E-state index in [1.54, 1.807) is 20.8 Å². The summed E-state index contributed by atoms with van der Waals surface area (Å²) in [6, 6.07) is 2.79. The molecule has 1 aromatic heterocycles. The number of hydrogen-bond acceptors (Lipinski definition) is 5. The zero-order valence-electron chi connectivity index (χ0n) is 16.5. The van der Waals surface area contributed by atoms with Crippen molar-refractivity contribution in [2.45, 2.75) is 43.9 Å². The summed E-state index contributed by atoms with van der Waals surface area (Å²) in [6.07, 6.45) is -6.49. The second-order valence-corrected chi connectivity index (χ2v) is 9.38. The number of rotatable bonds is 7. The summed E-state index contributed by atoms with van der Waals surface area (Å²) in [5.41, 5.74) is -1.62. The van der Waals surface area contributed by atoms with Crippen LogP contribution in [0, 0.1) is 5.82 Å². The van der Waals surface area contributed by atoms with Crippen LogP contribution in [0.5, 0.6) is 11.5 Å². The Balaban J connectivity index is 2.36. The van der Waals surface area contributed by atoms with Crippen molar-refractivity contribution in [2.75, 3.05) is 0 Å². The lowest BCUT2D eigenvalue weighted by Gasteiger charge is -2.29. The van der Waals surface area contributed by atoms with Crippen molar-refractivity contribution in [3.63, 3.8) is 0 Å². The van der Waals surface area contributed by atoms with Crippen molar-refractivity contribution in [1.29, 1.82) is 0 Å². The largest absolute Gasteiger partial charge is 0.598 e. The number of pyridine rings is 1. The van der Waals surface area contributed by atoms with Crippen LogP contribution >= 0.6 is 0 Å². The van der Waals surface area contributed by atoms with Crippen molar-refractivity contribution >= 4 is 17.3 Å². The molecule has 2 rings (SSSR count).